The van der Waals surface area contributed by atoms with E-state index in [1.165, 1.54) is 16.3 Å². The zero-order valence-electron chi connectivity index (χ0n) is 17.0. The Kier molecular flexibility index (Phi) is 5.20. The molecule has 3 aromatic carbocycles. The maximum Gasteiger partial charge on any atom is 0.343 e. The molecule has 1 fully saturated rings. The monoisotopic (exact) mass is 398 g/mol. The summed E-state index contributed by atoms with van der Waals surface area (Å²) in [5.41, 5.74) is 2.35. The molecule has 0 radical (unpaired) electrons. The van der Waals surface area contributed by atoms with Gasteiger partial charge in [0.25, 0.3) is 0 Å². The largest absolute Gasteiger partial charge is 0.343 e. The van der Waals surface area contributed by atoms with Crippen molar-refractivity contribution in [3.05, 3.63) is 100 Å². The Morgan fingerprint density at radius 1 is 0.867 bits per heavy atom. The predicted molar refractivity (Wildman–Crippen MR) is 120 cm³/mol. The molecule has 1 aliphatic heterocycles. The summed E-state index contributed by atoms with van der Waals surface area (Å²) in [5, 5.41) is 7.25. The van der Waals surface area contributed by atoms with Crippen molar-refractivity contribution in [1.82, 2.24) is 19.7 Å². The molecule has 0 saturated carbocycles. The molecule has 0 aliphatic carbocycles. The van der Waals surface area contributed by atoms with Crippen LogP contribution in [0, 0.1) is 0 Å². The van der Waals surface area contributed by atoms with E-state index in [4.69, 9.17) is 0 Å². The maximum atomic E-state index is 12.4. The number of piperidine rings is 1. The number of fused-ring (bicyclic) bond motifs is 1. The molecular formula is C25H26N4O. The molecule has 5 nitrogen and oxygen atoms in total. The third-order valence-electron chi connectivity index (χ3n) is 6.12. The van der Waals surface area contributed by atoms with Gasteiger partial charge >= 0.3 is 5.69 Å². The first-order valence-corrected chi connectivity index (χ1v) is 10.7. The average Bonchev–Trinajstić information content (AvgIpc) is 3.15. The van der Waals surface area contributed by atoms with Crippen molar-refractivity contribution >= 4 is 10.8 Å². The Bertz CT molecular complexity index is 1180. The number of aromatic nitrogens is 3. The summed E-state index contributed by atoms with van der Waals surface area (Å²) in [6.45, 7) is 3.51. The molecular weight excluding hydrogens is 372 g/mol. The van der Waals surface area contributed by atoms with Crippen molar-refractivity contribution in [2.24, 2.45) is 0 Å². The molecule has 5 heteroatoms. The van der Waals surface area contributed by atoms with Crippen LogP contribution in [0.1, 0.15) is 35.7 Å². The van der Waals surface area contributed by atoms with Gasteiger partial charge in [-0.2, -0.15) is 5.10 Å². The van der Waals surface area contributed by atoms with Gasteiger partial charge in [0.1, 0.15) is 5.82 Å². The van der Waals surface area contributed by atoms with E-state index in [1.807, 2.05) is 30.3 Å². The maximum absolute atomic E-state index is 12.4. The first-order valence-electron chi connectivity index (χ1n) is 10.7. The van der Waals surface area contributed by atoms with Crippen molar-refractivity contribution < 1.29 is 0 Å². The Labute approximate surface area is 176 Å². The number of H-pyrrole nitrogens is 1. The summed E-state index contributed by atoms with van der Waals surface area (Å²) in [6.07, 6.45) is 2.03. The van der Waals surface area contributed by atoms with Gasteiger partial charge in [0.15, 0.2) is 0 Å². The Morgan fingerprint density at radius 2 is 1.60 bits per heavy atom. The summed E-state index contributed by atoms with van der Waals surface area (Å²) in [6, 6.07) is 25.1. The van der Waals surface area contributed by atoms with Crippen molar-refractivity contribution in [3.63, 3.8) is 0 Å². The molecule has 0 amide bonds. The summed E-state index contributed by atoms with van der Waals surface area (Å²) < 4.78 is 1.55. The topological polar surface area (TPSA) is 53.9 Å². The third kappa shape index (κ3) is 3.94. The second kappa shape index (κ2) is 8.28. The van der Waals surface area contributed by atoms with Crippen LogP contribution in [0.25, 0.3) is 10.8 Å². The fraction of sp³-hybridized carbons (Fsp3) is 0.280. The van der Waals surface area contributed by atoms with Gasteiger partial charge in [-0.3, -0.25) is 9.88 Å². The van der Waals surface area contributed by atoms with E-state index < -0.39 is 0 Å². The van der Waals surface area contributed by atoms with Crippen LogP contribution >= 0.6 is 0 Å². The Morgan fingerprint density at radius 3 is 2.43 bits per heavy atom. The van der Waals surface area contributed by atoms with Crippen molar-refractivity contribution in [2.75, 3.05) is 13.1 Å². The highest BCUT2D eigenvalue weighted by atomic mass is 16.1. The predicted octanol–water partition coefficient (Wildman–Crippen LogP) is 4.15. The van der Waals surface area contributed by atoms with E-state index in [2.05, 4.69) is 57.4 Å². The van der Waals surface area contributed by atoms with Crippen LogP contribution in [0.2, 0.25) is 0 Å². The molecule has 0 atom stereocenters. The van der Waals surface area contributed by atoms with Gasteiger partial charge in [0, 0.05) is 12.5 Å². The zero-order valence-corrected chi connectivity index (χ0v) is 17.0. The minimum Gasteiger partial charge on any atom is -0.299 e. The number of nitrogens with one attached hydrogen (secondary N) is 1. The van der Waals surface area contributed by atoms with Gasteiger partial charge in [0.05, 0.1) is 6.54 Å². The number of hydrogen-bond donors (Lipinski definition) is 1. The summed E-state index contributed by atoms with van der Waals surface area (Å²) in [7, 11) is 0. The lowest BCUT2D eigenvalue weighted by Crippen LogP contribution is -2.32. The number of aromatic amines is 1. The van der Waals surface area contributed by atoms with E-state index in [0.717, 1.165) is 43.9 Å². The van der Waals surface area contributed by atoms with Gasteiger partial charge in [-0.15, -0.1) is 0 Å². The van der Waals surface area contributed by atoms with Crippen LogP contribution < -0.4 is 5.69 Å². The zero-order chi connectivity index (χ0) is 20.3. The number of likely N-dealkylation sites (tertiary alicyclic amines) is 1. The van der Waals surface area contributed by atoms with Crippen LogP contribution in [0.3, 0.4) is 0 Å². The number of benzene rings is 3. The van der Waals surface area contributed by atoms with Gasteiger partial charge in [-0.25, -0.2) is 9.48 Å². The molecule has 1 aromatic heterocycles. The van der Waals surface area contributed by atoms with Crippen LogP contribution in [0.5, 0.6) is 0 Å². The lowest BCUT2D eigenvalue weighted by atomic mass is 9.95. The molecule has 0 unspecified atom stereocenters. The SMILES string of the molecule is O=c1[nH]c(C2CCN(Cc3cccc4ccccc34)CC2)nn1Cc1ccccc1. The van der Waals surface area contributed by atoms with E-state index in [0.29, 0.717) is 12.5 Å². The molecule has 0 bridgehead atoms. The number of rotatable bonds is 5. The lowest BCUT2D eigenvalue weighted by molar-refractivity contribution is 0.202. The van der Waals surface area contributed by atoms with Crippen LogP contribution in [0.15, 0.2) is 77.6 Å². The molecule has 5 rings (SSSR count). The quantitative estimate of drug-likeness (QED) is 0.549. The molecule has 152 valence electrons. The fourth-order valence-electron chi connectivity index (χ4n) is 4.46. The van der Waals surface area contributed by atoms with Crippen molar-refractivity contribution in [1.29, 1.82) is 0 Å². The van der Waals surface area contributed by atoms with Crippen LogP contribution in [0.4, 0.5) is 0 Å². The number of nitrogens with zero attached hydrogens (tertiary/aromatic N) is 3. The van der Waals surface area contributed by atoms with Crippen molar-refractivity contribution in [3.8, 4) is 0 Å². The minimum absolute atomic E-state index is 0.118. The average molecular weight is 399 g/mol. The van der Waals surface area contributed by atoms with E-state index in [-0.39, 0.29) is 5.69 Å². The van der Waals surface area contributed by atoms with E-state index in [9.17, 15) is 4.79 Å². The molecule has 30 heavy (non-hydrogen) atoms. The standard InChI is InChI=1S/C25H26N4O/c30-25-26-24(27-29(25)17-19-7-2-1-3-8-19)21-13-15-28(16-14-21)18-22-11-6-10-20-9-4-5-12-23(20)22/h1-12,21H,13-18H2,(H,26,27,30). The van der Waals surface area contributed by atoms with E-state index >= 15 is 0 Å². The van der Waals surface area contributed by atoms with Crippen LogP contribution in [-0.2, 0) is 13.1 Å². The van der Waals surface area contributed by atoms with Gasteiger partial charge in [-0.1, -0.05) is 72.8 Å². The molecule has 4 aromatic rings. The Hall–Kier alpha value is -3.18. The fourth-order valence-corrected chi connectivity index (χ4v) is 4.46. The second-order valence-corrected chi connectivity index (χ2v) is 8.15. The van der Waals surface area contributed by atoms with Gasteiger partial charge in [-0.05, 0) is 47.8 Å². The van der Waals surface area contributed by atoms with Gasteiger partial charge < -0.3 is 0 Å². The lowest BCUT2D eigenvalue weighted by Gasteiger charge is -2.31. The smallest absolute Gasteiger partial charge is 0.299 e. The first-order chi connectivity index (χ1) is 14.8. The normalized spacial score (nSPS) is 15.6. The summed E-state index contributed by atoms with van der Waals surface area (Å²) in [5.74, 6) is 1.15. The van der Waals surface area contributed by atoms with Crippen LogP contribution in [-0.4, -0.2) is 32.8 Å². The summed E-state index contributed by atoms with van der Waals surface area (Å²) >= 11 is 0. The van der Waals surface area contributed by atoms with Crippen molar-refractivity contribution in [2.45, 2.75) is 31.8 Å². The molecule has 1 aliphatic rings. The first kappa shape index (κ1) is 18.8. The summed E-state index contributed by atoms with van der Waals surface area (Å²) in [4.78, 5) is 17.9. The molecule has 1 N–H and O–H groups in total. The Balaban J connectivity index is 1.24. The highest BCUT2D eigenvalue weighted by Crippen LogP contribution is 2.27. The third-order valence-corrected chi connectivity index (χ3v) is 6.12. The second-order valence-electron chi connectivity index (χ2n) is 8.15. The molecule has 0 spiro atoms. The highest BCUT2D eigenvalue weighted by molar-refractivity contribution is 5.85. The molecule has 1 saturated heterocycles. The number of hydrogen-bond acceptors (Lipinski definition) is 3. The molecule has 2 heterocycles. The van der Waals surface area contributed by atoms with E-state index in [1.54, 1.807) is 4.68 Å². The van der Waals surface area contributed by atoms with Gasteiger partial charge in [0.2, 0.25) is 0 Å². The minimum atomic E-state index is -0.118. The highest BCUT2D eigenvalue weighted by Gasteiger charge is 2.24.